The minimum atomic E-state index is -0.307. The first-order valence-corrected chi connectivity index (χ1v) is 7.75. The van der Waals surface area contributed by atoms with Crippen molar-refractivity contribution < 1.29 is 9.63 Å². The van der Waals surface area contributed by atoms with Crippen molar-refractivity contribution in [1.82, 2.24) is 10.1 Å². The van der Waals surface area contributed by atoms with Crippen molar-refractivity contribution in [2.45, 2.75) is 76.2 Å². The van der Waals surface area contributed by atoms with Crippen LogP contribution in [0.25, 0.3) is 0 Å². The lowest BCUT2D eigenvalue weighted by Gasteiger charge is -2.15. The molecule has 4 heteroatoms. The van der Waals surface area contributed by atoms with Gasteiger partial charge in [-0.15, -0.1) is 0 Å². The van der Waals surface area contributed by atoms with Gasteiger partial charge in [-0.2, -0.15) is 4.98 Å². The molecule has 1 N–H and O–H groups in total. The summed E-state index contributed by atoms with van der Waals surface area (Å²) < 4.78 is 5.46. The van der Waals surface area contributed by atoms with E-state index >= 15 is 0 Å². The van der Waals surface area contributed by atoms with E-state index in [2.05, 4.69) is 17.1 Å². The maximum Gasteiger partial charge on any atom is 0.232 e. The molecule has 1 aromatic heterocycles. The third-order valence-corrected chi connectivity index (χ3v) is 4.81. The summed E-state index contributed by atoms with van der Waals surface area (Å²) >= 11 is 0. The third kappa shape index (κ3) is 2.83. The van der Waals surface area contributed by atoms with Gasteiger partial charge in [-0.3, -0.25) is 0 Å². The van der Waals surface area contributed by atoms with Crippen LogP contribution in [-0.2, 0) is 0 Å². The number of hydrogen-bond acceptors (Lipinski definition) is 4. The highest BCUT2D eigenvalue weighted by molar-refractivity contribution is 5.03. The van der Waals surface area contributed by atoms with E-state index in [4.69, 9.17) is 4.52 Å². The van der Waals surface area contributed by atoms with Crippen LogP contribution in [0.4, 0.5) is 0 Å². The van der Waals surface area contributed by atoms with E-state index in [1.54, 1.807) is 0 Å². The monoisotopic (exact) mass is 264 g/mol. The number of aliphatic hydroxyl groups excluding tert-OH is 1. The van der Waals surface area contributed by atoms with Crippen LogP contribution in [0.1, 0.15) is 81.8 Å². The number of aromatic nitrogens is 2. The number of hydrogen-bond donors (Lipinski definition) is 1. The SMILES string of the molecule is CC1CCC(c2noc(C3CCCCCC3O)n2)C1. The summed E-state index contributed by atoms with van der Waals surface area (Å²) in [6, 6.07) is 0. The second kappa shape index (κ2) is 5.61. The molecule has 1 aromatic rings. The Morgan fingerprint density at radius 2 is 1.95 bits per heavy atom. The maximum atomic E-state index is 10.2. The normalized spacial score (nSPS) is 36.3. The molecule has 3 rings (SSSR count). The quantitative estimate of drug-likeness (QED) is 0.832. The first-order chi connectivity index (χ1) is 9.24. The average Bonchev–Trinajstić information content (AvgIpc) is 2.97. The van der Waals surface area contributed by atoms with Crippen molar-refractivity contribution in [3.63, 3.8) is 0 Å². The molecule has 106 valence electrons. The number of rotatable bonds is 2. The molecule has 0 aliphatic heterocycles. The highest BCUT2D eigenvalue weighted by atomic mass is 16.5. The fraction of sp³-hybridized carbons (Fsp3) is 0.867. The predicted molar refractivity (Wildman–Crippen MR) is 71.9 cm³/mol. The third-order valence-electron chi connectivity index (χ3n) is 4.81. The molecule has 4 unspecified atom stereocenters. The van der Waals surface area contributed by atoms with Gasteiger partial charge in [0.25, 0.3) is 0 Å². The van der Waals surface area contributed by atoms with E-state index in [1.807, 2.05) is 0 Å². The van der Waals surface area contributed by atoms with Gasteiger partial charge in [0, 0.05) is 5.92 Å². The molecule has 0 bridgehead atoms. The first-order valence-electron chi connectivity index (χ1n) is 7.75. The first kappa shape index (κ1) is 13.1. The largest absolute Gasteiger partial charge is 0.392 e. The van der Waals surface area contributed by atoms with Gasteiger partial charge in [-0.25, -0.2) is 0 Å². The Morgan fingerprint density at radius 1 is 1.11 bits per heavy atom. The summed E-state index contributed by atoms with van der Waals surface area (Å²) in [5.74, 6) is 2.84. The molecule has 2 saturated carbocycles. The topological polar surface area (TPSA) is 59.2 Å². The molecular formula is C15H24N2O2. The molecule has 2 aliphatic rings. The minimum absolute atomic E-state index is 0.0579. The van der Waals surface area contributed by atoms with Crippen LogP contribution in [-0.4, -0.2) is 21.4 Å². The Morgan fingerprint density at radius 3 is 2.74 bits per heavy atom. The van der Waals surface area contributed by atoms with Crippen LogP contribution in [0, 0.1) is 5.92 Å². The molecule has 4 atom stereocenters. The Kier molecular flexibility index (Phi) is 3.87. The molecule has 2 aliphatic carbocycles. The van der Waals surface area contributed by atoms with Crippen LogP contribution < -0.4 is 0 Å². The molecule has 0 aromatic carbocycles. The second-order valence-electron chi connectivity index (χ2n) is 6.42. The van der Waals surface area contributed by atoms with E-state index in [1.165, 1.54) is 25.7 Å². The van der Waals surface area contributed by atoms with E-state index in [0.717, 1.165) is 37.4 Å². The van der Waals surface area contributed by atoms with E-state index in [0.29, 0.717) is 11.8 Å². The van der Waals surface area contributed by atoms with Crippen molar-refractivity contribution in [2.75, 3.05) is 0 Å². The Hall–Kier alpha value is -0.900. The predicted octanol–water partition coefficient (Wildman–Crippen LogP) is 3.38. The maximum absolute atomic E-state index is 10.2. The van der Waals surface area contributed by atoms with E-state index < -0.39 is 0 Å². The lowest BCUT2D eigenvalue weighted by Crippen LogP contribution is -2.17. The van der Waals surface area contributed by atoms with Crippen LogP contribution in [0.2, 0.25) is 0 Å². The molecule has 1 heterocycles. The Balaban J connectivity index is 1.73. The molecule has 19 heavy (non-hydrogen) atoms. The summed E-state index contributed by atoms with van der Waals surface area (Å²) in [6.07, 6.45) is 8.61. The second-order valence-corrected chi connectivity index (χ2v) is 6.42. The smallest absolute Gasteiger partial charge is 0.232 e. The fourth-order valence-electron chi connectivity index (χ4n) is 3.58. The van der Waals surface area contributed by atoms with E-state index in [9.17, 15) is 5.11 Å². The summed E-state index contributed by atoms with van der Waals surface area (Å²) in [7, 11) is 0. The highest BCUT2D eigenvalue weighted by Gasteiger charge is 2.31. The van der Waals surface area contributed by atoms with Crippen molar-refractivity contribution in [1.29, 1.82) is 0 Å². The van der Waals surface area contributed by atoms with Gasteiger partial charge in [-0.1, -0.05) is 31.3 Å². The van der Waals surface area contributed by atoms with Gasteiger partial charge in [-0.05, 0) is 38.0 Å². The lowest BCUT2D eigenvalue weighted by atomic mass is 9.97. The molecule has 0 spiro atoms. The molecular weight excluding hydrogens is 240 g/mol. The number of nitrogens with zero attached hydrogens (tertiary/aromatic N) is 2. The lowest BCUT2D eigenvalue weighted by molar-refractivity contribution is 0.119. The van der Waals surface area contributed by atoms with Crippen LogP contribution in [0.3, 0.4) is 0 Å². The Labute approximate surface area is 114 Å². The Bertz CT molecular complexity index is 418. The summed E-state index contributed by atoms with van der Waals surface area (Å²) in [5, 5.41) is 14.4. The molecule has 0 amide bonds. The highest BCUT2D eigenvalue weighted by Crippen LogP contribution is 2.38. The van der Waals surface area contributed by atoms with Gasteiger partial charge in [0.05, 0.1) is 12.0 Å². The van der Waals surface area contributed by atoms with Gasteiger partial charge in [0.15, 0.2) is 5.82 Å². The van der Waals surface area contributed by atoms with Crippen molar-refractivity contribution in [3.8, 4) is 0 Å². The zero-order chi connectivity index (χ0) is 13.2. The minimum Gasteiger partial charge on any atom is -0.392 e. The van der Waals surface area contributed by atoms with Gasteiger partial charge in [0.2, 0.25) is 5.89 Å². The zero-order valence-electron chi connectivity index (χ0n) is 11.7. The van der Waals surface area contributed by atoms with Crippen LogP contribution in [0.15, 0.2) is 4.52 Å². The molecule has 2 fully saturated rings. The summed E-state index contributed by atoms with van der Waals surface area (Å²) in [5.41, 5.74) is 0. The molecule has 0 saturated heterocycles. The van der Waals surface area contributed by atoms with Crippen LogP contribution >= 0.6 is 0 Å². The fourth-order valence-corrected chi connectivity index (χ4v) is 3.58. The van der Waals surface area contributed by atoms with Gasteiger partial charge in [0.1, 0.15) is 0 Å². The molecule has 0 radical (unpaired) electrons. The van der Waals surface area contributed by atoms with Crippen LogP contribution in [0.5, 0.6) is 0 Å². The standard InChI is InChI=1S/C15H24N2O2/c1-10-7-8-11(9-10)14-16-15(19-17-14)12-5-3-2-4-6-13(12)18/h10-13,18H,2-9H2,1H3. The summed E-state index contributed by atoms with van der Waals surface area (Å²) in [4.78, 5) is 4.60. The van der Waals surface area contributed by atoms with Crippen molar-refractivity contribution in [3.05, 3.63) is 11.7 Å². The average molecular weight is 264 g/mol. The van der Waals surface area contributed by atoms with Crippen molar-refractivity contribution in [2.24, 2.45) is 5.92 Å². The summed E-state index contributed by atoms with van der Waals surface area (Å²) in [6.45, 7) is 2.29. The molecule has 4 nitrogen and oxygen atoms in total. The van der Waals surface area contributed by atoms with Gasteiger partial charge < -0.3 is 9.63 Å². The zero-order valence-corrected chi connectivity index (χ0v) is 11.7. The van der Waals surface area contributed by atoms with Crippen molar-refractivity contribution >= 4 is 0 Å². The van der Waals surface area contributed by atoms with Gasteiger partial charge >= 0.3 is 0 Å². The number of aliphatic hydroxyl groups is 1. The van der Waals surface area contributed by atoms with E-state index in [-0.39, 0.29) is 12.0 Å².